The summed E-state index contributed by atoms with van der Waals surface area (Å²) in [4.78, 5) is 8.95. The number of nitrogens with one attached hydrogen (secondary N) is 1. The minimum absolute atomic E-state index is 0.0436. The third-order valence-electron chi connectivity index (χ3n) is 4.50. The molecule has 0 aromatic rings. The van der Waals surface area contributed by atoms with E-state index in [0.717, 1.165) is 12.5 Å². The van der Waals surface area contributed by atoms with Crippen molar-refractivity contribution >= 4 is 15.8 Å². The summed E-state index contributed by atoms with van der Waals surface area (Å²) in [6.07, 6.45) is 0. The van der Waals surface area contributed by atoms with Crippen LogP contribution < -0.4 is 5.32 Å². The van der Waals surface area contributed by atoms with Crippen molar-refractivity contribution in [1.29, 1.82) is 0 Å². The van der Waals surface area contributed by atoms with Crippen LogP contribution in [0.25, 0.3) is 0 Å². The summed E-state index contributed by atoms with van der Waals surface area (Å²) in [5.74, 6) is 0.988. The lowest BCUT2D eigenvalue weighted by Crippen LogP contribution is -2.57. The monoisotopic (exact) mass is 332 g/mol. The zero-order chi connectivity index (χ0) is 17.2. The molecule has 6 nitrogen and oxygen atoms in total. The van der Waals surface area contributed by atoms with Crippen molar-refractivity contribution in [3.05, 3.63) is 0 Å². The molecule has 1 heterocycles. The van der Waals surface area contributed by atoms with Gasteiger partial charge in [-0.1, -0.05) is 0 Å². The fourth-order valence-electron chi connectivity index (χ4n) is 2.16. The number of rotatable bonds is 4. The molecule has 0 aromatic carbocycles. The summed E-state index contributed by atoms with van der Waals surface area (Å²) in [7, 11) is 1.05. The summed E-state index contributed by atoms with van der Waals surface area (Å²) in [6.45, 7) is 12.3. The highest BCUT2D eigenvalue weighted by Gasteiger charge is 2.41. The Labute approximate surface area is 135 Å². The van der Waals surface area contributed by atoms with Gasteiger partial charge >= 0.3 is 0 Å². The molecule has 0 unspecified atom stereocenters. The molecular formula is C15H32N4O2S. The van der Waals surface area contributed by atoms with Gasteiger partial charge in [-0.15, -0.1) is 0 Å². The van der Waals surface area contributed by atoms with Crippen molar-refractivity contribution in [3.63, 3.8) is 0 Å². The second kappa shape index (κ2) is 6.74. The highest BCUT2D eigenvalue weighted by Crippen LogP contribution is 2.23. The van der Waals surface area contributed by atoms with Gasteiger partial charge in [-0.3, -0.25) is 4.99 Å². The first-order valence-corrected chi connectivity index (χ1v) is 9.51. The molecule has 1 aliphatic rings. The molecule has 0 aliphatic carbocycles. The Morgan fingerprint density at radius 1 is 1.36 bits per heavy atom. The smallest absolute Gasteiger partial charge is 0.194 e. The molecule has 130 valence electrons. The molecule has 0 radical (unpaired) electrons. The molecule has 1 rings (SSSR count). The Bertz CT molecular complexity index is 510. The van der Waals surface area contributed by atoms with E-state index in [1.807, 2.05) is 21.0 Å². The second-order valence-electron chi connectivity index (χ2n) is 7.38. The van der Waals surface area contributed by atoms with Crippen LogP contribution in [0.3, 0.4) is 0 Å². The molecule has 0 amide bonds. The number of likely N-dealkylation sites (N-methyl/N-ethyl adjacent to an activating group) is 1. The summed E-state index contributed by atoms with van der Waals surface area (Å²) in [5.41, 5.74) is -0.0436. The number of hydrogen-bond acceptors (Lipinski definition) is 4. The van der Waals surface area contributed by atoms with Gasteiger partial charge in [0.05, 0.1) is 17.0 Å². The number of hydrogen-bond donors (Lipinski definition) is 1. The normalized spacial score (nSPS) is 22.0. The molecule has 0 atom stereocenters. The van der Waals surface area contributed by atoms with Gasteiger partial charge < -0.3 is 15.1 Å². The van der Waals surface area contributed by atoms with Gasteiger partial charge in [0.2, 0.25) is 0 Å². The molecule has 1 aliphatic heterocycles. The van der Waals surface area contributed by atoms with Crippen molar-refractivity contribution in [2.45, 2.75) is 44.9 Å². The lowest BCUT2D eigenvalue weighted by molar-refractivity contribution is 0.204. The van der Waals surface area contributed by atoms with Crippen molar-refractivity contribution in [2.24, 2.45) is 4.99 Å². The summed E-state index contributed by atoms with van der Waals surface area (Å²) in [6, 6.07) is 0. The third-order valence-corrected chi connectivity index (χ3v) is 7.04. The van der Waals surface area contributed by atoms with E-state index < -0.39 is 14.6 Å². The standard InChI is InChI=1S/C15H32N4O2S/c1-8-16-13(17-11-14(2,3)18(6)7)19-9-10-22(20,21)15(4,5)12-19/h8-12H2,1-7H3,(H,16,17). The average Bonchev–Trinajstić information content (AvgIpc) is 2.37. The fourth-order valence-corrected chi connectivity index (χ4v) is 3.53. The van der Waals surface area contributed by atoms with Crippen LogP contribution in [-0.4, -0.2) is 80.5 Å². The van der Waals surface area contributed by atoms with Gasteiger partial charge in [0.25, 0.3) is 0 Å². The van der Waals surface area contributed by atoms with Crippen LogP contribution in [-0.2, 0) is 9.84 Å². The SMILES string of the molecule is CCNC(=NCC(C)(C)N(C)C)N1CCS(=O)(=O)C(C)(C)C1. The van der Waals surface area contributed by atoms with E-state index >= 15 is 0 Å². The van der Waals surface area contributed by atoms with Crippen LogP contribution in [0.2, 0.25) is 0 Å². The van der Waals surface area contributed by atoms with Gasteiger partial charge in [-0.05, 0) is 48.7 Å². The summed E-state index contributed by atoms with van der Waals surface area (Å²) < 4.78 is 23.5. The molecule has 7 heteroatoms. The van der Waals surface area contributed by atoms with Crippen LogP contribution >= 0.6 is 0 Å². The number of guanidine groups is 1. The lowest BCUT2D eigenvalue weighted by atomic mass is 10.1. The van der Waals surface area contributed by atoms with Gasteiger partial charge in [-0.25, -0.2) is 8.42 Å². The Kier molecular flexibility index (Phi) is 5.89. The third kappa shape index (κ3) is 4.35. The average molecular weight is 333 g/mol. The highest BCUT2D eigenvalue weighted by atomic mass is 32.2. The van der Waals surface area contributed by atoms with Crippen molar-refractivity contribution in [3.8, 4) is 0 Å². The molecule has 1 saturated heterocycles. The van der Waals surface area contributed by atoms with Crippen LogP contribution in [0.15, 0.2) is 4.99 Å². The maximum absolute atomic E-state index is 12.1. The predicted octanol–water partition coefficient (Wildman–Crippen LogP) is 0.801. The number of aliphatic imine (C=N–C) groups is 1. The largest absolute Gasteiger partial charge is 0.357 e. The minimum Gasteiger partial charge on any atom is -0.357 e. The zero-order valence-corrected chi connectivity index (χ0v) is 15.9. The Morgan fingerprint density at radius 2 is 1.95 bits per heavy atom. The Balaban J connectivity index is 2.93. The van der Waals surface area contributed by atoms with Crippen molar-refractivity contribution in [2.75, 3.05) is 46.0 Å². The summed E-state index contributed by atoms with van der Waals surface area (Å²) in [5, 5.41) is 3.29. The highest BCUT2D eigenvalue weighted by molar-refractivity contribution is 7.92. The quantitative estimate of drug-likeness (QED) is 0.609. The second-order valence-corrected chi connectivity index (χ2v) is 10.1. The van der Waals surface area contributed by atoms with E-state index in [1.165, 1.54) is 0 Å². The van der Waals surface area contributed by atoms with Gasteiger partial charge in [0.15, 0.2) is 15.8 Å². The van der Waals surface area contributed by atoms with Crippen LogP contribution in [0.1, 0.15) is 34.6 Å². The van der Waals surface area contributed by atoms with E-state index in [0.29, 0.717) is 19.6 Å². The van der Waals surface area contributed by atoms with E-state index in [4.69, 9.17) is 4.99 Å². The molecule has 1 N–H and O–H groups in total. The summed E-state index contributed by atoms with van der Waals surface area (Å²) >= 11 is 0. The number of nitrogens with zero attached hydrogens (tertiary/aromatic N) is 3. The van der Waals surface area contributed by atoms with Gasteiger partial charge in [0, 0.05) is 25.2 Å². The fraction of sp³-hybridized carbons (Fsp3) is 0.933. The van der Waals surface area contributed by atoms with E-state index in [-0.39, 0.29) is 11.3 Å². The molecule has 1 fully saturated rings. The van der Waals surface area contributed by atoms with Gasteiger partial charge in [-0.2, -0.15) is 0 Å². The van der Waals surface area contributed by atoms with Crippen LogP contribution in [0, 0.1) is 0 Å². The Morgan fingerprint density at radius 3 is 2.41 bits per heavy atom. The zero-order valence-electron chi connectivity index (χ0n) is 15.1. The first-order valence-electron chi connectivity index (χ1n) is 7.86. The van der Waals surface area contributed by atoms with Crippen LogP contribution in [0.5, 0.6) is 0 Å². The number of sulfone groups is 1. The molecule has 22 heavy (non-hydrogen) atoms. The Hall–Kier alpha value is -0.820. The maximum atomic E-state index is 12.1. The first kappa shape index (κ1) is 19.2. The molecule has 0 spiro atoms. The van der Waals surface area contributed by atoms with E-state index in [2.05, 4.69) is 29.0 Å². The minimum atomic E-state index is -3.03. The first-order chi connectivity index (χ1) is 9.93. The lowest BCUT2D eigenvalue weighted by Gasteiger charge is -2.39. The van der Waals surface area contributed by atoms with E-state index in [9.17, 15) is 8.42 Å². The maximum Gasteiger partial charge on any atom is 0.194 e. The molecular weight excluding hydrogens is 300 g/mol. The predicted molar refractivity (Wildman–Crippen MR) is 93.2 cm³/mol. The van der Waals surface area contributed by atoms with Crippen LogP contribution in [0.4, 0.5) is 0 Å². The molecule has 0 saturated carbocycles. The van der Waals surface area contributed by atoms with Crippen molar-refractivity contribution in [1.82, 2.24) is 15.1 Å². The molecule has 0 aromatic heterocycles. The van der Waals surface area contributed by atoms with E-state index in [1.54, 1.807) is 13.8 Å². The van der Waals surface area contributed by atoms with Gasteiger partial charge in [0.1, 0.15) is 0 Å². The topological polar surface area (TPSA) is 65.0 Å². The molecule has 0 bridgehead atoms. The van der Waals surface area contributed by atoms with Crippen molar-refractivity contribution < 1.29 is 8.42 Å².